The zero-order chi connectivity index (χ0) is 27.8. The number of piperidine rings is 1. The summed E-state index contributed by atoms with van der Waals surface area (Å²) >= 11 is 14.2. The Hall–Kier alpha value is -2.39. The van der Waals surface area contributed by atoms with Gasteiger partial charge in [-0.2, -0.15) is 0 Å². The standard InChI is InChI=1S/C30H35Cl2N5OS/c31-26-9-3-8-25(29(26)32)22-5-2-7-24(18-22)39-36-27(17-21-4-1-6-23(16-21)30(34)35)28(19-38)37-14-11-20(10-13-33)12-15-37/h1-9,16,18-20,27-28,36H,10-15,17,33H2,(H3,34,35). The highest BCUT2D eigenvalue weighted by Crippen LogP contribution is 2.35. The first-order valence-corrected chi connectivity index (χ1v) is 14.8. The van der Waals surface area contributed by atoms with Gasteiger partial charge in [-0.3, -0.25) is 15.0 Å². The van der Waals surface area contributed by atoms with Gasteiger partial charge in [0.25, 0.3) is 0 Å². The number of hydrogen-bond acceptors (Lipinski definition) is 6. The minimum absolute atomic E-state index is 0.0288. The quantitative estimate of drug-likeness (QED) is 0.0931. The van der Waals surface area contributed by atoms with Crippen LogP contribution < -0.4 is 16.2 Å². The van der Waals surface area contributed by atoms with Crippen LogP contribution in [0.2, 0.25) is 10.0 Å². The van der Waals surface area contributed by atoms with E-state index in [1.165, 1.54) is 11.9 Å². The van der Waals surface area contributed by atoms with E-state index in [0.29, 0.717) is 34.5 Å². The monoisotopic (exact) mass is 583 g/mol. The molecular weight excluding hydrogens is 549 g/mol. The second-order valence-electron chi connectivity index (χ2n) is 9.96. The number of aldehydes is 1. The molecule has 2 unspecified atom stereocenters. The predicted molar refractivity (Wildman–Crippen MR) is 164 cm³/mol. The van der Waals surface area contributed by atoms with Gasteiger partial charge >= 0.3 is 0 Å². The maximum absolute atomic E-state index is 12.5. The molecule has 6 nitrogen and oxygen atoms in total. The van der Waals surface area contributed by atoms with E-state index < -0.39 is 0 Å². The molecule has 0 bridgehead atoms. The van der Waals surface area contributed by atoms with Gasteiger partial charge in [-0.05, 0) is 98.6 Å². The molecule has 3 aromatic rings. The Morgan fingerprint density at radius 2 is 1.85 bits per heavy atom. The maximum atomic E-state index is 12.5. The Labute approximate surface area is 245 Å². The van der Waals surface area contributed by atoms with Crippen molar-refractivity contribution in [2.75, 3.05) is 19.6 Å². The summed E-state index contributed by atoms with van der Waals surface area (Å²) < 4.78 is 3.60. The molecule has 39 heavy (non-hydrogen) atoms. The van der Waals surface area contributed by atoms with Crippen LogP contribution in [-0.2, 0) is 11.2 Å². The molecule has 0 aromatic heterocycles. The smallest absolute Gasteiger partial charge is 0.138 e. The first-order chi connectivity index (χ1) is 18.9. The predicted octanol–water partition coefficient (Wildman–Crippen LogP) is 5.78. The van der Waals surface area contributed by atoms with Crippen LogP contribution in [0.3, 0.4) is 0 Å². The van der Waals surface area contributed by atoms with Crippen LogP contribution in [-0.4, -0.2) is 48.7 Å². The van der Waals surface area contributed by atoms with E-state index in [1.54, 1.807) is 6.07 Å². The van der Waals surface area contributed by atoms with Crippen molar-refractivity contribution in [1.82, 2.24) is 9.62 Å². The Morgan fingerprint density at radius 3 is 2.56 bits per heavy atom. The first kappa shape index (κ1) is 29.6. The number of amidine groups is 1. The van der Waals surface area contributed by atoms with Gasteiger partial charge in [-0.25, -0.2) is 0 Å². The number of nitrogens with zero attached hydrogens (tertiary/aromatic N) is 1. The summed E-state index contributed by atoms with van der Waals surface area (Å²) in [6.45, 7) is 2.44. The van der Waals surface area contributed by atoms with Crippen molar-refractivity contribution in [3.63, 3.8) is 0 Å². The fraction of sp³-hybridized carbons (Fsp3) is 0.333. The van der Waals surface area contributed by atoms with Crippen LogP contribution in [0.1, 0.15) is 30.4 Å². The number of rotatable bonds is 12. The molecule has 206 valence electrons. The highest BCUT2D eigenvalue weighted by atomic mass is 35.5. The van der Waals surface area contributed by atoms with Crippen LogP contribution in [0, 0.1) is 11.3 Å². The SMILES string of the molecule is N=C(N)c1cccc(CC(NSc2cccc(-c3cccc(Cl)c3Cl)c2)C(C=O)N2CCC(CCN)CC2)c1. The summed E-state index contributed by atoms with van der Waals surface area (Å²) in [6, 6.07) is 20.9. The van der Waals surface area contributed by atoms with Crippen molar-refractivity contribution in [1.29, 1.82) is 5.41 Å². The van der Waals surface area contributed by atoms with E-state index in [2.05, 4.69) is 15.7 Å². The molecular formula is C30H35Cl2N5OS. The van der Waals surface area contributed by atoms with Crippen molar-refractivity contribution < 1.29 is 4.79 Å². The highest BCUT2D eigenvalue weighted by molar-refractivity contribution is 7.97. The third kappa shape index (κ3) is 7.84. The van der Waals surface area contributed by atoms with E-state index in [-0.39, 0.29) is 17.9 Å². The van der Waals surface area contributed by atoms with Crippen molar-refractivity contribution in [3.05, 3.63) is 87.9 Å². The zero-order valence-corrected chi connectivity index (χ0v) is 24.1. The molecule has 0 aliphatic carbocycles. The van der Waals surface area contributed by atoms with Crippen LogP contribution in [0.25, 0.3) is 11.1 Å². The number of carbonyl (C=O) groups excluding carboxylic acids is 1. The van der Waals surface area contributed by atoms with Crippen molar-refractivity contribution in [2.24, 2.45) is 17.4 Å². The van der Waals surface area contributed by atoms with Gasteiger partial charge in [-0.15, -0.1) is 0 Å². The summed E-state index contributed by atoms with van der Waals surface area (Å²) in [6.07, 6.45) is 4.80. The number of nitrogen functional groups attached to an aromatic ring is 1. The molecule has 1 aliphatic heterocycles. The third-order valence-corrected chi connectivity index (χ3v) is 9.04. The number of likely N-dealkylation sites (tertiary alicyclic amines) is 1. The molecule has 9 heteroatoms. The fourth-order valence-corrected chi connectivity index (χ4v) is 6.41. The fourth-order valence-electron chi connectivity index (χ4n) is 5.16. The van der Waals surface area contributed by atoms with Gasteiger partial charge in [0.1, 0.15) is 12.1 Å². The molecule has 3 aromatic carbocycles. The molecule has 1 heterocycles. The molecule has 1 fully saturated rings. The Balaban J connectivity index is 1.55. The second kappa shape index (κ2) is 14.3. The first-order valence-electron chi connectivity index (χ1n) is 13.2. The highest BCUT2D eigenvalue weighted by Gasteiger charge is 2.31. The average molecular weight is 585 g/mol. The van der Waals surface area contributed by atoms with E-state index in [9.17, 15) is 4.79 Å². The molecule has 2 atom stereocenters. The van der Waals surface area contributed by atoms with Gasteiger partial charge in [0.05, 0.1) is 16.1 Å². The lowest BCUT2D eigenvalue weighted by Crippen LogP contribution is -2.53. The summed E-state index contributed by atoms with van der Waals surface area (Å²) in [4.78, 5) is 15.8. The second-order valence-corrected chi connectivity index (χ2v) is 11.7. The normalized spacial score (nSPS) is 16.1. The molecule has 0 spiro atoms. The largest absolute Gasteiger partial charge is 0.384 e. The van der Waals surface area contributed by atoms with Gasteiger partial charge in [0.15, 0.2) is 0 Å². The van der Waals surface area contributed by atoms with Crippen LogP contribution in [0.15, 0.2) is 71.6 Å². The molecule has 0 saturated carbocycles. The number of benzene rings is 3. The zero-order valence-electron chi connectivity index (χ0n) is 21.8. The maximum Gasteiger partial charge on any atom is 0.138 e. The minimum Gasteiger partial charge on any atom is -0.384 e. The number of carbonyl (C=O) groups is 1. The Morgan fingerprint density at radius 1 is 1.10 bits per heavy atom. The lowest BCUT2D eigenvalue weighted by Gasteiger charge is -2.38. The minimum atomic E-state index is -0.303. The van der Waals surface area contributed by atoms with Crippen LogP contribution in [0.4, 0.5) is 0 Å². The van der Waals surface area contributed by atoms with E-state index in [4.69, 9.17) is 40.1 Å². The molecule has 0 radical (unpaired) electrons. The Kier molecular flexibility index (Phi) is 10.9. The van der Waals surface area contributed by atoms with Gasteiger partial charge in [-0.1, -0.05) is 65.7 Å². The van der Waals surface area contributed by atoms with Gasteiger partial charge < -0.3 is 16.3 Å². The van der Waals surface area contributed by atoms with E-state index in [1.807, 2.05) is 54.6 Å². The van der Waals surface area contributed by atoms with Crippen molar-refractivity contribution in [2.45, 2.75) is 42.7 Å². The number of hydrogen-bond donors (Lipinski definition) is 4. The molecule has 6 N–H and O–H groups in total. The summed E-state index contributed by atoms with van der Waals surface area (Å²) in [5.41, 5.74) is 15.1. The third-order valence-electron chi connectivity index (χ3n) is 7.32. The molecule has 4 rings (SSSR count). The lowest BCUT2D eigenvalue weighted by atomic mass is 9.91. The topological polar surface area (TPSA) is 108 Å². The van der Waals surface area contributed by atoms with Crippen molar-refractivity contribution >= 4 is 47.3 Å². The number of halogens is 2. The summed E-state index contributed by atoms with van der Waals surface area (Å²) in [7, 11) is 0. The summed E-state index contributed by atoms with van der Waals surface area (Å²) in [5, 5.41) is 8.87. The number of nitrogens with two attached hydrogens (primary N) is 2. The van der Waals surface area contributed by atoms with Crippen LogP contribution >= 0.6 is 35.1 Å². The lowest BCUT2D eigenvalue weighted by molar-refractivity contribution is -0.113. The van der Waals surface area contributed by atoms with Gasteiger partial charge in [0.2, 0.25) is 0 Å². The average Bonchev–Trinajstić information content (AvgIpc) is 2.95. The van der Waals surface area contributed by atoms with E-state index >= 15 is 0 Å². The molecule has 0 amide bonds. The van der Waals surface area contributed by atoms with Crippen LogP contribution in [0.5, 0.6) is 0 Å². The van der Waals surface area contributed by atoms with Gasteiger partial charge in [0, 0.05) is 22.1 Å². The van der Waals surface area contributed by atoms with E-state index in [0.717, 1.165) is 60.2 Å². The Bertz CT molecular complexity index is 1280. The molecule has 1 aliphatic rings. The number of nitrogens with one attached hydrogen (secondary N) is 2. The summed E-state index contributed by atoms with van der Waals surface area (Å²) in [5.74, 6) is 0.647. The molecule has 1 saturated heterocycles. The van der Waals surface area contributed by atoms with Crippen molar-refractivity contribution in [3.8, 4) is 11.1 Å².